The zero-order valence-corrected chi connectivity index (χ0v) is 14.4. The molecule has 0 saturated carbocycles. The Kier molecular flexibility index (Phi) is 7.12. The summed E-state index contributed by atoms with van der Waals surface area (Å²) in [5, 5.41) is 0. The third-order valence-electron chi connectivity index (χ3n) is 3.66. The van der Waals surface area contributed by atoms with Crippen LogP contribution in [0, 0.1) is 0 Å². The molecule has 23 heavy (non-hydrogen) atoms. The lowest BCUT2D eigenvalue weighted by atomic mass is 9.98. The Labute approximate surface area is 136 Å². The summed E-state index contributed by atoms with van der Waals surface area (Å²) < 4.78 is 32.0. The summed E-state index contributed by atoms with van der Waals surface area (Å²) in [7, 11) is 8.89. The van der Waals surface area contributed by atoms with Crippen molar-refractivity contribution in [3.05, 3.63) is 17.7 Å². The molecular weight excluding hydrogens is 304 g/mol. The van der Waals surface area contributed by atoms with E-state index < -0.39 is 5.79 Å². The van der Waals surface area contributed by atoms with Gasteiger partial charge in [-0.05, 0) is 12.1 Å². The van der Waals surface area contributed by atoms with Crippen LogP contribution in [0.1, 0.15) is 18.4 Å². The molecule has 0 bridgehead atoms. The molecule has 0 spiro atoms. The van der Waals surface area contributed by atoms with Crippen molar-refractivity contribution in [3.8, 4) is 17.2 Å². The maximum absolute atomic E-state index is 11.5. The zero-order valence-electron chi connectivity index (χ0n) is 14.4. The number of ether oxygens (including phenoxy) is 6. The number of hydrogen-bond acceptors (Lipinski definition) is 7. The maximum atomic E-state index is 11.5. The molecule has 0 radical (unpaired) electrons. The van der Waals surface area contributed by atoms with Crippen LogP contribution in [0.4, 0.5) is 0 Å². The lowest BCUT2D eigenvalue weighted by Crippen LogP contribution is -2.32. The highest BCUT2D eigenvalue weighted by molar-refractivity contribution is 5.69. The van der Waals surface area contributed by atoms with E-state index in [2.05, 4.69) is 4.74 Å². The first-order valence-corrected chi connectivity index (χ1v) is 7.00. The van der Waals surface area contributed by atoms with Crippen LogP contribution in [0.25, 0.3) is 0 Å². The van der Waals surface area contributed by atoms with Crippen molar-refractivity contribution in [1.29, 1.82) is 0 Å². The first kappa shape index (κ1) is 19.1. The zero-order chi connectivity index (χ0) is 17.5. The molecule has 0 aliphatic rings. The van der Waals surface area contributed by atoms with E-state index in [4.69, 9.17) is 23.7 Å². The lowest BCUT2D eigenvalue weighted by Gasteiger charge is -2.33. The average Bonchev–Trinajstić information content (AvgIpc) is 2.61. The Morgan fingerprint density at radius 1 is 0.913 bits per heavy atom. The Morgan fingerprint density at radius 3 is 1.96 bits per heavy atom. The van der Waals surface area contributed by atoms with Crippen LogP contribution in [-0.4, -0.2) is 48.6 Å². The van der Waals surface area contributed by atoms with Crippen molar-refractivity contribution in [2.24, 2.45) is 0 Å². The minimum absolute atomic E-state index is 0.121. The van der Waals surface area contributed by atoms with Gasteiger partial charge < -0.3 is 28.4 Å². The first-order valence-electron chi connectivity index (χ1n) is 7.00. The van der Waals surface area contributed by atoms with Gasteiger partial charge >= 0.3 is 5.97 Å². The Morgan fingerprint density at radius 2 is 1.52 bits per heavy atom. The number of hydrogen-bond donors (Lipinski definition) is 0. The summed E-state index contributed by atoms with van der Waals surface area (Å²) >= 11 is 0. The molecule has 0 unspecified atom stereocenters. The van der Waals surface area contributed by atoms with Crippen molar-refractivity contribution in [3.63, 3.8) is 0 Å². The molecule has 7 heteroatoms. The summed E-state index contributed by atoms with van der Waals surface area (Å²) in [5.41, 5.74) is 0.589. The van der Waals surface area contributed by atoms with E-state index in [1.807, 2.05) is 0 Å². The van der Waals surface area contributed by atoms with Crippen molar-refractivity contribution < 1.29 is 33.2 Å². The SMILES string of the molecule is COC(=O)CCC(OC)(OC)c1ccc(OC)c(OC)c1OC. The predicted molar refractivity (Wildman–Crippen MR) is 83.0 cm³/mol. The molecule has 0 aromatic heterocycles. The lowest BCUT2D eigenvalue weighted by molar-refractivity contribution is -0.222. The van der Waals surface area contributed by atoms with E-state index in [1.54, 1.807) is 12.1 Å². The molecule has 1 rings (SSSR count). The topological polar surface area (TPSA) is 72.5 Å². The number of esters is 1. The van der Waals surface area contributed by atoms with Gasteiger partial charge in [0.15, 0.2) is 17.3 Å². The monoisotopic (exact) mass is 328 g/mol. The molecule has 0 N–H and O–H groups in total. The Balaban J connectivity index is 3.39. The Hall–Kier alpha value is -1.99. The van der Waals surface area contributed by atoms with Gasteiger partial charge in [0.25, 0.3) is 0 Å². The van der Waals surface area contributed by atoms with Gasteiger partial charge in [-0.2, -0.15) is 0 Å². The van der Waals surface area contributed by atoms with Crippen LogP contribution in [-0.2, 0) is 24.8 Å². The first-order chi connectivity index (χ1) is 11.0. The van der Waals surface area contributed by atoms with Gasteiger partial charge in [0.2, 0.25) is 5.75 Å². The maximum Gasteiger partial charge on any atom is 0.305 e. The molecular formula is C16H24O7. The van der Waals surface area contributed by atoms with Gasteiger partial charge in [-0.3, -0.25) is 4.79 Å². The third-order valence-corrected chi connectivity index (χ3v) is 3.66. The fraction of sp³-hybridized carbons (Fsp3) is 0.562. The van der Waals surface area contributed by atoms with Gasteiger partial charge in [0.05, 0.1) is 40.4 Å². The fourth-order valence-electron chi connectivity index (χ4n) is 2.41. The average molecular weight is 328 g/mol. The van der Waals surface area contributed by atoms with Crippen LogP contribution in [0.2, 0.25) is 0 Å². The predicted octanol–water partition coefficient (Wildman–Crippen LogP) is 2.11. The summed E-state index contributed by atoms with van der Waals surface area (Å²) in [6.45, 7) is 0. The second kappa shape index (κ2) is 8.59. The van der Waals surface area contributed by atoms with Crippen LogP contribution >= 0.6 is 0 Å². The van der Waals surface area contributed by atoms with E-state index in [0.717, 1.165) is 0 Å². The number of rotatable bonds is 9. The van der Waals surface area contributed by atoms with Crippen molar-refractivity contribution in [2.75, 3.05) is 42.7 Å². The molecule has 1 aromatic rings. The van der Waals surface area contributed by atoms with Gasteiger partial charge in [0, 0.05) is 20.6 Å². The molecule has 0 atom stereocenters. The molecule has 7 nitrogen and oxygen atoms in total. The van der Waals surface area contributed by atoms with E-state index >= 15 is 0 Å². The van der Waals surface area contributed by atoms with Crippen molar-refractivity contribution in [2.45, 2.75) is 18.6 Å². The quantitative estimate of drug-likeness (QED) is 0.508. The van der Waals surface area contributed by atoms with E-state index in [0.29, 0.717) is 22.8 Å². The largest absolute Gasteiger partial charge is 0.493 e. The number of carbonyl (C=O) groups is 1. The molecule has 0 aliphatic carbocycles. The molecule has 0 aliphatic heterocycles. The molecule has 0 heterocycles. The van der Waals surface area contributed by atoms with Gasteiger partial charge in [0.1, 0.15) is 0 Å². The highest BCUT2D eigenvalue weighted by atomic mass is 16.7. The van der Waals surface area contributed by atoms with Crippen LogP contribution in [0.5, 0.6) is 17.2 Å². The molecule has 0 saturated heterocycles. The van der Waals surface area contributed by atoms with Crippen LogP contribution < -0.4 is 14.2 Å². The highest BCUT2D eigenvalue weighted by Gasteiger charge is 2.37. The van der Waals surface area contributed by atoms with Crippen LogP contribution in [0.15, 0.2) is 12.1 Å². The number of benzene rings is 1. The summed E-state index contributed by atoms with van der Waals surface area (Å²) in [5.74, 6) is -0.187. The number of carbonyl (C=O) groups excluding carboxylic acids is 1. The Bertz CT molecular complexity index is 523. The number of methoxy groups -OCH3 is 6. The minimum Gasteiger partial charge on any atom is -0.493 e. The van der Waals surface area contributed by atoms with Gasteiger partial charge in [-0.1, -0.05) is 0 Å². The summed E-state index contributed by atoms with van der Waals surface area (Å²) in [6, 6.07) is 3.48. The second-order valence-corrected chi connectivity index (χ2v) is 4.62. The van der Waals surface area contributed by atoms with Crippen LogP contribution in [0.3, 0.4) is 0 Å². The summed E-state index contributed by atoms with van der Waals surface area (Å²) in [6.07, 6.45) is 0.369. The van der Waals surface area contributed by atoms with Crippen molar-refractivity contribution in [1.82, 2.24) is 0 Å². The normalized spacial score (nSPS) is 11.0. The van der Waals surface area contributed by atoms with Crippen molar-refractivity contribution >= 4 is 5.97 Å². The minimum atomic E-state index is -1.18. The van der Waals surface area contributed by atoms with Gasteiger partial charge in [-0.25, -0.2) is 0 Å². The highest BCUT2D eigenvalue weighted by Crippen LogP contribution is 2.46. The molecule has 1 aromatic carbocycles. The fourth-order valence-corrected chi connectivity index (χ4v) is 2.41. The standard InChI is InChI=1S/C16H24O7/c1-18-12-8-7-11(14(20-3)15(12)21-4)16(22-5,23-6)10-9-13(17)19-2/h7-8H,9-10H2,1-6H3. The van der Waals surface area contributed by atoms with E-state index in [1.165, 1.54) is 42.7 Å². The summed E-state index contributed by atoms with van der Waals surface area (Å²) in [4.78, 5) is 11.5. The second-order valence-electron chi connectivity index (χ2n) is 4.62. The van der Waals surface area contributed by atoms with E-state index in [9.17, 15) is 4.79 Å². The third kappa shape index (κ3) is 3.86. The van der Waals surface area contributed by atoms with E-state index in [-0.39, 0.29) is 18.8 Å². The smallest absolute Gasteiger partial charge is 0.305 e. The molecule has 0 amide bonds. The molecule has 130 valence electrons. The molecule has 0 fully saturated rings. The van der Waals surface area contributed by atoms with Gasteiger partial charge in [-0.15, -0.1) is 0 Å².